The normalized spacial score (nSPS) is 14.9. The molecule has 2 aromatic carbocycles. The number of hydrogen-bond acceptors (Lipinski definition) is 6. The molecule has 0 amide bonds. The molecule has 0 saturated heterocycles. The van der Waals surface area contributed by atoms with Crippen molar-refractivity contribution in [3.63, 3.8) is 0 Å². The lowest BCUT2D eigenvalue weighted by Gasteiger charge is -2.25. The number of rotatable bonds is 6. The number of ether oxygens (including phenoxy) is 2. The van der Waals surface area contributed by atoms with Crippen LogP contribution in [0, 0.1) is 19.7 Å². The molecule has 5 rings (SSSR count). The summed E-state index contributed by atoms with van der Waals surface area (Å²) in [6.07, 6.45) is -0.382. The Bertz CT molecular complexity index is 1360. The highest BCUT2D eigenvalue weighted by Crippen LogP contribution is 2.36. The van der Waals surface area contributed by atoms with Crippen molar-refractivity contribution in [2.75, 3.05) is 12.4 Å². The fourth-order valence-corrected chi connectivity index (χ4v) is 4.92. The van der Waals surface area contributed by atoms with E-state index < -0.39 is 0 Å². The first-order valence-corrected chi connectivity index (χ1v) is 11.8. The van der Waals surface area contributed by atoms with Crippen LogP contribution in [0.25, 0.3) is 5.69 Å². The van der Waals surface area contributed by atoms with Gasteiger partial charge in [0, 0.05) is 29.7 Å². The van der Waals surface area contributed by atoms with E-state index in [1.807, 2.05) is 60.4 Å². The van der Waals surface area contributed by atoms with Crippen LogP contribution in [0.5, 0.6) is 11.5 Å². The summed E-state index contributed by atoms with van der Waals surface area (Å²) in [7, 11) is 1.85. The van der Waals surface area contributed by atoms with Crippen LogP contribution in [0.15, 0.2) is 59.8 Å². The first kappa shape index (κ1) is 22.2. The number of carbonyl (C=O) groups is 1. The van der Waals surface area contributed by atoms with E-state index in [0.29, 0.717) is 34.7 Å². The van der Waals surface area contributed by atoms with Crippen molar-refractivity contribution in [3.8, 4) is 17.2 Å². The zero-order valence-electron chi connectivity index (χ0n) is 19.0. The summed E-state index contributed by atoms with van der Waals surface area (Å²) >= 11 is 1.33. The third kappa shape index (κ3) is 4.07. The molecule has 0 spiro atoms. The van der Waals surface area contributed by atoms with Crippen LogP contribution in [0.1, 0.15) is 33.7 Å². The summed E-state index contributed by atoms with van der Waals surface area (Å²) in [6.45, 7) is 4.16. The smallest absolute Gasteiger partial charge is 0.192 e. The Hall–Kier alpha value is -3.59. The third-order valence-corrected chi connectivity index (χ3v) is 6.83. The van der Waals surface area contributed by atoms with Gasteiger partial charge in [0.2, 0.25) is 0 Å². The molecular weight excluding hydrogens is 455 g/mol. The van der Waals surface area contributed by atoms with Crippen molar-refractivity contribution < 1.29 is 18.7 Å². The molecule has 3 heterocycles. The summed E-state index contributed by atoms with van der Waals surface area (Å²) in [5.74, 6) is 1.92. The molecule has 0 saturated carbocycles. The Balaban J connectivity index is 1.29. The number of carbonyl (C=O) groups excluding carboxylic acids is 1. The van der Waals surface area contributed by atoms with Gasteiger partial charge in [-0.15, -0.1) is 10.2 Å². The zero-order valence-corrected chi connectivity index (χ0v) is 19.8. The first-order chi connectivity index (χ1) is 16.4. The number of ketones is 1. The van der Waals surface area contributed by atoms with Crippen molar-refractivity contribution in [2.45, 2.75) is 25.1 Å². The highest BCUT2D eigenvalue weighted by molar-refractivity contribution is 7.99. The summed E-state index contributed by atoms with van der Waals surface area (Å²) in [5.41, 5.74) is 3.18. The number of aromatic nitrogens is 4. The standard InChI is InChI=1S/C25H23FN4O3S/c1-15-12-19(16(2)30(15)18-10-8-17(26)9-11-18)20(31)14-34-25-28-27-24(29(25)3)23-13-32-21-6-4-5-7-22(21)33-23/h4-12,23H,13-14H2,1-3H3/t23-/m0/s1. The predicted octanol–water partition coefficient (Wildman–Crippen LogP) is 4.85. The molecule has 0 bridgehead atoms. The van der Waals surface area contributed by atoms with E-state index in [1.54, 1.807) is 12.1 Å². The zero-order chi connectivity index (χ0) is 23.8. The Morgan fingerprint density at radius 1 is 1.12 bits per heavy atom. The molecule has 174 valence electrons. The van der Waals surface area contributed by atoms with Gasteiger partial charge < -0.3 is 18.6 Å². The van der Waals surface area contributed by atoms with Gasteiger partial charge in [0.15, 0.2) is 34.4 Å². The minimum atomic E-state index is -0.382. The molecule has 1 atom stereocenters. The Labute approximate surface area is 200 Å². The Kier molecular flexibility index (Phi) is 5.87. The van der Waals surface area contributed by atoms with Crippen molar-refractivity contribution in [1.29, 1.82) is 0 Å². The molecule has 7 nitrogen and oxygen atoms in total. The molecule has 4 aromatic rings. The predicted molar refractivity (Wildman–Crippen MR) is 127 cm³/mol. The first-order valence-electron chi connectivity index (χ1n) is 10.8. The van der Waals surface area contributed by atoms with Crippen LogP contribution in [0.4, 0.5) is 4.39 Å². The largest absolute Gasteiger partial charge is 0.485 e. The van der Waals surface area contributed by atoms with Gasteiger partial charge in [0.25, 0.3) is 0 Å². The molecule has 1 aliphatic rings. The molecular formula is C25H23FN4O3S. The second kappa shape index (κ2) is 8.98. The molecule has 0 unspecified atom stereocenters. The maximum Gasteiger partial charge on any atom is 0.192 e. The van der Waals surface area contributed by atoms with E-state index in [9.17, 15) is 9.18 Å². The van der Waals surface area contributed by atoms with Crippen LogP contribution in [-0.2, 0) is 7.05 Å². The van der Waals surface area contributed by atoms with Crippen LogP contribution in [0.2, 0.25) is 0 Å². The van der Waals surface area contributed by atoms with Crippen LogP contribution in [-0.4, -0.2) is 37.5 Å². The number of benzene rings is 2. The number of Topliss-reactive ketones (excluding diaryl/α,β-unsaturated/α-hetero) is 1. The van der Waals surface area contributed by atoms with Gasteiger partial charge in [0.05, 0.1) is 5.75 Å². The number of aryl methyl sites for hydroxylation is 1. The van der Waals surface area contributed by atoms with E-state index >= 15 is 0 Å². The van der Waals surface area contributed by atoms with E-state index in [1.165, 1.54) is 23.9 Å². The van der Waals surface area contributed by atoms with E-state index in [-0.39, 0.29) is 23.5 Å². The average Bonchev–Trinajstić information content (AvgIpc) is 3.36. The number of nitrogens with zero attached hydrogens (tertiary/aromatic N) is 4. The quantitative estimate of drug-likeness (QED) is 0.292. The Morgan fingerprint density at radius 2 is 1.85 bits per heavy atom. The van der Waals surface area contributed by atoms with Gasteiger partial charge in [0.1, 0.15) is 12.4 Å². The van der Waals surface area contributed by atoms with Crippen LogP contribution in [0.3, 0.4) is 0 Å². The van der Waals surface area contributed by atoms with Gasteiger partial charge in [-0.3, -0.25) is 4.79 Å². The minimum Gasteiger partial charge on any atom is -0.485 e. The fraction of sp³-hybridized carbons (Fsp3) is 0.240. The van der Waals surface area contributed by atoms with Crippen molar-refractivity contribution in [2.24, 2.45) is 7.05 Å². The van der Waals surface area contributed by atoms with Gasteiger partial charge in [-0.05, 0) is 56.3 Å². The molecule has 0 fully saturated rings. The topological polar surface area (TPSA) is 71.2 Å². The maximum atomic E-state index is 13.3. The number of para-hydroxylation sites is 2. The second-order valence-corrected chi connectivity index (χ2v) is 9.02. The number of thioether (sulfide) groups is 1. The highest BCUT2D eigenvalue weighted by Gasteiger charge is 2.28. The molecule has 2 aromatic heterocycles. The molecule has 0 radical (unpaired) electrons. The lowest BCUT2D eigenvalue weighted by atomic mass is 10.2. The number of fused-ring (bicyclic) bond motifs is 1. The van der Waals surface area contributed by atoms with E-state index in [2.05, 4.69) is 10.2 Å². The van der Waals surface area contributed by atoms with E-state index in [4.69, 9.17) is 9.47 Å². The number of hydrogen-bond donors (Lipinski definition) is 0. The fourth-order valence-electron chi connectivity index (χ4n) is 4.12. The third-order valence-electron chi connectivity index (χ3n) is 5.81. The van der Waals surface area contributed by atoms with Gasteiger partial charge in [-0.1, -0.05) is 23.9 Å². The monoisotopic (exact) mass is 478 g/mol. The summed E-state index contributed by atoms with van der Waals surface area (Å²) in [4.78, 5) is 13.1. The second-order valence-electron chi connectivity index (χ2n) is 8.07. The van der Waals surface area contributed by atoms with Crippen molar-refractivity contribution in [1.82, 2.24) is 19.3 Å². The van der Waals surface area contributed by atoms with Crippen molar-refractivity contribution >= 4 is 17.5 Å². The summed E-state index contributed by atoms with van der Waals surface area (Å²) in [5, 5.41) is 9.17. The molecule has 34 heavy (non-hydrogen) atoms. The van der Waals surface area contributed by atoms with E-state index in [0.717, 1.165) is 17.1 Å². The lowest BCUT2D eigenvalue weighted by Crippen LogP contribution is -2.24. The van der Waals surface area contributed by atoms with Gasteiger partial charge in [-0.25, -0.2) is 4.39 Å². The molecule has 0 aliphatic carbocycles. The van der Waals surface area contributed by atoms with Gasteiger partial charge >= 0.3 is 0 Å². The summed E-state index contributed by atoms with van der Waals surface area (Å²) < 4.78 is 28.9. The SMILES string of the molecule is Cc1cc(C(=O)CSc2nnc([C@@H]3COc4ccccc4O3)n2C)c(C)n1-c1ccc(F)cc1. The van der Waals surface area contributed by atoms with Crippen molar-refractivity contribution in [3.05, 3.63) is 83.2 Å². The average molecular weight is 479 g/mol. The maximum absolute atomic E-state index is 13.3. The van der Waals surface area contributed by atoms with Crippen LogP contribution >= 0.6 is 11.8 Å². The highest BCUT2D eigenvalue weighted by atomic mass is 32.2. The molecule has 0 N–H and O–H groups in total. The lowest BCUT2D eigenvalue weighted by molar-refractivity contribution is 0.0825. The molecule has 1 aliphatic heterocycles. The Morgan fingerprint density at radius 3 is 2.62 bits per heavy atom. The van der Waals surface area contributed by atoms with Crippen LogP contribution < -0.4 is 9.47 Å². The number of halogens is 1. The molecule has 9 heteroatoms. The minimum absolute atomic E-state index is 0.0119. The van der Waals surface area contributed by atoms with Gasteiger partial charge in [-0.2, -0.15) is 0 Å². The summed E-state index contributed by atoms with van der Waals surface area (Å²) in [6, 6.07) is 15.6.